The Balaban J connectivity index is 1.68. The molecule has 3 rings (SSSR count). The second kappa shape index (κ2) is 7.82. The van der Waals surface area contributed by atoms with E-state index in [0.29, 0.717) is 10.2 Å². The van der Waals surface area contributed by atoms with E-state index in [1.54, 1.807) is 23.5 Å². The van der Waals surface area contributed by atoms with Gasteiger partial charge in [-0.05, 0) is 44.0 Å². The predicted octanol–water partition coefficient (Wildman–Crippen LogP) is 4.85. The maximum Gasteiger partial charge on any atom is 0.234 e. The number of halogens is 1. The largest absolute Gasteiger partial charge is 0.325 e. The maximum absolute atomic E-state index is 12.3. The first-order valence-corrected chi connectivity index (χ1v) is 10.2. The number of benzene rings is 1. The van der Waals surface area contributed by atoms with Gasteiger partial charge in [0.25, 0.3) is 0 Å². The Labute approximate surface area is 165 Å². The second-order valence-corrected chi connectivity index (χ2v) is 8.45. The number of carbonyl (C=O) groups is 1. The van der Waals surface area contributed by atoms with Gasteiger partial charge in [0, 0.05) is 33.6 Å². The summed E-state index contributed by atoms with van der Waals surface area (Å²) < 4.78 is 1.93. The molecule has 136 valence electrons. The van der Waals surface area contributed by atoms with Crippen molar-refractivity contribution in [3.8, 4) is 11.4 Å². The van der Waals surface area contributed by atoms with Crippen molar-refractivity contribution in [1.82, 2.24) is 14.8 Å². The number of carbonyl (C=O) groups excluding carboxylic acids is 1. The Morgan fingerprint density at radius 1 is 1.31 bits per heavy atom. The second-order valence-electron chi connectivity index (χ2n) is 5.99. The SMILES string of the molecule is Cc1ccc(Cl)cc1NC(=O)CSc1nnc(-c2csc(C)c2C)n1C. The Morgan fingerprint density at radius 3 is 2.77 bits per heavy atom. The Morgan fingerprint density at radius 2 is 2.08 bits per heavy atom. The fourth-order valence-corrected chi connectivity index (χ4v) is 4.20. The van der Waals surface area contributed by atoms with Crippen molar-refractivity contribution in [3.63, 3.8) is 0 Å². The molecule has 0 bridgehead atoms. The average Bonchev–Trinajstić information content (AvgIpc) is 3.12. The first-order valence-electron chi connectivity index (χ1n) is 8.00. The van der Waals surface area contributed by atoms with Gasteiger partial charge < -0.3 is 9.88 Å². The third-order valence-corrected chi connectivity index (χ3v) is 6.44. The van der Waals surface area contributed by atoms with Gasteiger partial charge >= 0.3 is 0 Å². The number of thiophene rings is 1. The minimum Gasteiger partial charge on any atom is -0.325 e. The zero-order chi connectivity index (χ0) is 18.8. The molecule has 8 heteroatoms. The highest BCUT2D eigenvalue weighted by Crippen LogP contribution is 2.31. The number of anilines is 1. The van der Waals surface area contributed by atoms with Gasteiger partial charge in [-0.15, -0.1) is 21.5 Å². The lowest BCUT2D eigenvalue weighted by Crippen LogP contribution is -2.15. The smallest absolute Gasteiger partial charge is 0.234 e. The van der Waals surface area contributed by atoms with Crippen molar-refractivity contribution in [2.24, 2.45) is 7.05 Å². The topological polar surface area (TPSA) is 59.8 Å². The number of thioether (sulfide) groups is 1. The number of hydrogen-bond acceptors (Lipinski definition) is 5. The third-order valence-electron chi connectivity index (χ3n) is 4.17. The van der Waals surface area contributed by atoms with Gasteiger partial charge in [-0.25, -0.2) is 0 Å². The van der Waals surface area contributed by atoms with E-state index in [1.807, 2.05) is 24.6 Å². The molecule has 5 nitrogen and oxygen atoms in total. The molecule has 0 unspecified atom stereocenters. The standard InChI is InChI=1S/C18H19ClN4OS2/c1-10-5-6-13(19)7-15(10)20-16(24)9-26-18-22-21-17(23(18)4)14-8-25-12(3)11(14)2/h5-8H,9H2,1-4H3,(H,20,24). The number of nitrogens with zero attached hydrogens (tertiary/aromatic N) is 3. The molecule has 0 aliphatic carbocycles. The number of aromatic nitrogens is 3. The van der Waals surface area contributed by atoms with E-state index in [9.17, 15) is 4.79 Å². The van der Waals surface area contributed by atoms with Gasteiger partial charge in [0.05, 0.1) is 5.75 Å². The first-order chi connectivity index (χ1) is 12.4. The summed E-state index contributed by atoms with van der Waals surface area (Å²) in [6.07, 6.45) is 0. The molecule has 1 aromatic carbocycles. The molecule has 0 atom stereocenters. The van der Waals surface area contributed by atoms with Crippen LogP contribution in [0.15, 0.2) is 28.7 Å². The van der Waals surface area contributed by atoms with E-state index in [1.165, 1.54) is 22.2 Å². The van der Waals surface area contributed by atoms with Crippen molar-refractivity contribution < 1.29 is 4.79 Å². The van der Waals surface area contributed by atoms with Crippen molar-refractivity contribution in [3.05, 3.63) is 44.6 Å². The van der Waals surface area contributed by atoms with E-state index in [0.717, 1.165) is 22.6 Å². The molecular weight excluding hydrogens is 388 g/mol. The zero-order valence-corrected chi connectivity index (χ0v) is 17.3. The van der Waals surface area contributed by atoms with Crippen LogP contribution in [-0.2, 0) is 11.8 Å². The summed E-state index contributed by atoms with van der Waals surface area (Å²) in [5.41, 5.74) is 4.01. The third kappa shape index (κ3) is 3.95. The lowest BCUT2D eigenvalue weighted by atomic mass is 10.2. The van der Waals surface area contributed by atoms with E-state index < -0.39 is 0 Å². The Hall–Kier alpha value is -1.83. The van der Waals surface area contributed by atoms with Gasteiger partial charge in [0.15, 0.2) is 11.0 Å². The predicted molar refractivity (Wildman–Crippen MR) is 109 cm³/mol. The molecule has 2 aromatic heterocycles. The van der Waals surface area contributed by atoms with Crippen molar-refractivity contribution in [2.75, 3.05) is 11.1 Å². The van der Waals surface area contributed by atoms with Crippen LogP contribution in [-0.4, -0.2) is 26.4 Å². The van der Waals surface area contributed by atoms with Gasteiger partial charge in [-0.2, -0.15) is 0 Å². The molecule has 26 heavy (non-hydrogen) atoms. The van der Waals surface area contributed by atoms with E-state index in [2.05, 4.69) is 34.7 Å². The monoisotopic (exact) mass is 406 g/mol. The zero-order valence-electron chi connectivity index (χ0n) is 15.0. The summed E-state index contributed by atoms with van der Waals surface area (Å²) in [4.78, 5) is 13.5. The lowest BCUT2D eigenvalue weighted by Gasteiger charge is -2.08. The van der Waals surface area contributed by atoms with Crippen LogP contribution in [0.1, 0.15) is 16.0 Å². The molecule has 0 spiro atoms. The number of aryl methyl sites for hydroxylation is 2. The van der Waals surface area contributed by atoms with Crippen molar-refractivity contribution >= 4 is 46.3 Å². The van der Waals surface area contributed by atoms with Crippen LogP contribution in [0.5, 0.6) is 0 Å². The molecule has 3 aromatic rings. The van der Waals surface area contributed by atoms with Gasteiger partial charge in [0.1, 0.15) is 0 Å². The van der Waals surface area contributed by atoms with Gasteiger partial charge in [0.2, 0.25) is 5.91 Å². The number of rotatable bonds is 5. The summed E-state index contributed by atoms with van der Waals surface area (Å²) in [7, 11) is 1.92. The fourth-order valence-electron chi connectivity index (χ4n) is 2.45. The average molecular weight is 407 g/mol. The van der Waals surface area contributed by atoms with Crippen LogP contribution in [0.2, 0.25) is 5.02 Å². The number of hydrogen-bond donors (Lipinski definition) is 1. The Kier molecular flexibility index (Phi) is 5.70. The molecule has 2 heterocycles. The quantitative estimate of drug-likeness (QED) is 0.615. The minimum atomic E-state index is -0.104. The van der Waals surface area contributed by atoms with Gasteiger partial charge in [-0.1, -0.05) is 29.4 Å². The molecule has 1 amide bonds. The first kappa shape index (κ1) is 18.9. The number of amides is 1. The minimum absolute atomic E-state index is 0.104. The Bertz CT molecular complexity index is 964. The summed E-state index contributed by atoms with van der Waals surface area (Å²) in [5.74, 6) is 0.965. The number of nitrogens with one attached hydrogen (secondary N) is 1. The molecule has 0 saturated heterocycles. The molecule has 0 aliphatic heterocycles. The van der Waals surface area contributed by atoms with Crippen LogP contribution in [0.4, 0.5) is 5.69 Å². The highest BCUT2D eigenvalue weighted by molar-refractivity contribution is 7.99. The summed E-state index contributed by atoms with van der Waals surface area (Å²) in [5, 5.41) is 14.8. The maximum atomic E-state index is 12.3. The summed E-state index contributed by atoms with van der Waals surface area (Å²) in [6.45, 7) is 6.11. The summed E-state index contributed by atoms with van der Waals surface area (Å²) in [6, 6.07) is 5.43. The lowest BCUT2D eigenvalue weighted by molar-refractivity contribution is -0.113. The molecule has 0 radical (unpaired) electrons. The van der Waals surface area contributed by atoms with Crippen LogP contribution in [0.3, 0.4) is 0 Å². The highest BCUT2D eigenvalue weighted by atomic mass is 35.5. The van der Waals surface area contributed by atoms with Crippen molar-refractivity contribution in [2.45, 2.75) is 25.9 Å². The molecule has 0 saturated carbocycles. The van der Waals surface area contributed by atoms with E-state index in [-0.39, 0.29) is 11.7 Å². The fraction of sp³-hybridized carbons (Fsp3) is 0.278. The highest BCUT2D eigenvalue weighted by Gasteiger charge is 2.16. The molecule has 1 N–H and O–H groups in total. The molecular formula is C18H19ClN4OS2. The normalized spacial score (nSPS) is 11.0. The summed E-state index contributed by atoms with van der Waals surface area (Å²) >= 11 is 9.06. The van der Waals surface area contributed by atoms with Crippen LogP contribution >= 0.6 is 34.7 Å². The van der Waals surface area contributed by atoms with Crippen LogP contribution in [0, 0.1) is 20.8 Å². The van der Waals surface area contributed by atoms with Crippen LogP contribution < -0.4 is 5.32 Å². The van der Waals surface area contributed by atoms with Gasteiger partial charge in [-0.3, -0.25) is 4.79 Å². The van der Waals surface area contributed by atoms with Crippen molar-refractivity contribution in [1.29, 1.82) is 0 Å². The van der Waals surface area contributed by atoms with Crippen LogP contribution in [0.25, 0.3) is 11.4 Å². The van der Waals surface area contributed by atoms with E-state index >= 15 is 0 Å². The molecule has 0 aliphatic rings. The van der Waals surface area contributed by atoms with E-state index in [4.69, 9.17) is 11.6 Å². The molecule has 0 fully saturated rings.